The molecule has 0 unspecified atom stereocenters. The SMILES string of the molecule is O=C(OCCCN1C(=O)CNC1=O)c1n[nH]c(=O)c2ccccc12. The van der Waals surface area contributed by atoms with E-state index >= 15 is 0 Å². The maximum absolute atomic E-state index is 12.1. The van der Waals surface area contributed by atoms with E-state index < -0.39 is 12.0 Å². The second-order valence-electron chi connectivity index (χ2n) is 5.14. The molecular weight excluding hydrogens is 316 g/mol. The summed E-state index contributed by atoms with van der Waals surface area (Å²) in [4.78, 5) is 47.6. The van der Waals surface area contributed by atoms with Gasteiger partial charge in [0.2, 0.25) is 5.91 Å². The number of aromatic nitrogens is 2. The van der Waals surface area contributed by atoms with Crippen molar-refractivity contribution in [3.8, 4) is 0 Å². The highest BCUT2D eigenvalue weighted by Gasteiger charge is 2.27. The van der Waals surface area contributed by atoms with Gasteiger partial charge >= 0.3 is 12.0 Å². The molecule has 0 aliphatic carbocycles. The van der Waals surface area contributed by atoms with Crippen LogP contribution in [0.1, 0.15) is 16.9 Å². The fraction of sp³-hybridized carbons (Fsp3) is 0.267. The zero-order valence-electron chi connectivity index (χ0n) is 12.6. The number of nitrogens with one attached hydrogen (secondary N) is 2. The largest absolute Gasteiger partial charge is 0.461 e. The lowest BCUT2D eigenvalue weighted by Gasteiger charge is -2.12. The molecule has 1 saturated heterocycles. The summed E-state index contributed by atoms with van der Waals surface area (Å²) < 4.78 is 5.11. The van der Waals surface area contributed by atoms with E-state index in [2.05, 4.69) is 15.5 Å². The maximum atomic E-state index is 12.1. The fourth-order valence-corrected chi connectivity index (χ4v) is 2.41. The Labute approximate surface area is 135 Å². The number of carbonyl (C=O) groups is 3. The van der Waals surface area contributed by atoms with Gasteiger partial charge in [0.15, 0.2) is 5.69 Å². The first-order valence-electron chi connectivity index (χ1n) is 7.30. The molecule has 1 aromatic heterocycles. The van der Waals surface area contributed by atoms with Gasteiger partial charge in [0.25, 0.3) is 5.56 Å². The van der Waals surface area contributed by atoms with Gasteiger partial charge in [0, 0.05) is 11.9 Å². The van der Waals surface area contributed by atoms with E-state index in [0.29, 0.717) is 17.2 Å². The number of H-pyrrole nitrogens is 1. The van der Waals surface area contributed by atoms with Crippen LogP contribution in [-0.2, 0) is 9.53 Å². The number of aromatic amines is 1. The number of fused-ring (bicyclic) bond motifs is 1. The lowest BCUT2D eigenvalue weighted by atomic mass is 10.1. The normalized spacial score (nSPS) is 14.1. The molecule has 0 atom stereocenters. The number of esters is 1. The Morgan fingerprint density at radius 1 is 1.21 bits per heavy atom. The predicted molar refractivity (Wildman–Crippen MR) is 82.4 cm³/mol. The molecule has 0 saturated carbocycles. The van der Waals surface area contributed by atoms with Gasteiger partial charge in [-0.15, -0.1) is 0 Å². The second kappa shape index (κ2) is 6.49. The number of amides is 3. The summed E-state index contributed by atoms with van der Waals surface area (Å²) in [7, 11) is 0. The van der Waals surface area contributed by atoms with E-state index in [9.17, 15) is 19.2 Å². The Kier molecular flexibility index (Phi) is 4.23. The van der Waals surface area contributed by atoms with Crippen LogP contribution in [0.5, 0.6) is 0 Å². The first-order chi connectivity index (χ1) is 11.6. The predicted octanol–water partition coefficient (Wildman–Crippen LogP) is 0.0218. The van der Waals surface area contributed by atoms with Gasteiger partial charge in [-0.05, 0) is 12.5 Å². The van der Waals surface area contributed by atoms with E-state index in [1.165, 1.54) is 0 Å². The molecule has 2 heterocycles. The summed E-state index contributed by atoms with van der Waals surface area (Å²) >= 11 is 0. The minimum Gasteiger partial charge on any atom is -0.461 e. The third-order valence-electron chi connectivity index (χ3n) is 3.59. The van der Waals surface area contributed by atoms with Crippen LogP contribution in [0, 0.1) is 0 Å². The van der Waals surface area contributed by atoms with E-state index in [1.807, 2.05) is 0 Å². The molecule has 3 amide bonds. The molecule has 9 heteroatoms. The zero-order valence-corrected chi connectivity index (χ0v) is 12.6. The highest BCUT2D eigenvalue weighted by atomic mass is 16.5. The average molecular weight is 330 g/mol. The number of rotatable bonds is 5. The number of nitrogens with zero attached hydrogens (tertiary/aromatic N) is 2. The fourth-order valence-electron chi connectivity index (χ4n) is 2.41. The Bertz CT molecular complexity index is 860. The highest BCUT2D eigenvalue weighted by Crippen LogP contribution is 2.13. The van der Waals surface area contributed by atoms with Gasteiger partial charge in [-0.1, -0.05) is 18.2 Å². The van der Waals surface area contributed by atoms with E-state index in [-0.39, 0.29) is 36.9 Å². The van der Waals surface area contributed by atoms with Crippen LogP contribution < -0.4 is 10.9 Å². The number of hydrogen-bond acceptors (Lipinski definition) is 6. The van der Waals surface area contributed by atoms with Gasteiger partial charge in [-0.25, -0.2) is 14.7 Å². The van der Waals surface area contributed by atoms with Gasteiger partial charge in [-0.3, -0.25) is 14.5 Å². The standard InChI is InChI=1S/C15H14N4O5/c20-11-8-16-15(23)19(11)6-3-7-24-14(22)12-9-4-1-2-5-10(9)13(21)18-17-12/h1-2,4-5H,3,6-8H2,(H,16,23)(H,18,21). The Morgan fingerprint density at radius 2 is 1.96 bits per heavy atom. The smallest absolute Gasteiger partial charge is 0.359 e. The summed E-state index contributed by atoms with van der Waals surface area (Å²) in [5, 5.41) is 9.16. The molecule has 0 bridgehead atoms. The summed E-state index contributed by atoms with van der Waals surface area (Å²) in [6.07, 6.45) is 0.312. The van der Waals surface area contributed by atoms with Gasteiger partial charge in [0.1, 0.15) is 0 Å². The molecule has 9 nitrogen and oxygen atoms in total. The molecule has 3 rings (SSSR count). The Morgan fingerprint density at radius 3 is 2.67 bits per heavy atom. The van der Waals surface area contributed by atoms with Crippen molar-refractivity contribution in [2.24, 2.45) is 0 Å². The summed E-state index contributed by atoms with van der Waals surface area (Å²) in [5.74, 6) is -0.987. The van der Waals surface area contributed by atoms with Crippen molar-refractivity contribution in [1.82, 2.24) is 20.4 Å². The number of urea groups is 1. The first kappa shape index (κ1) is 15.7. The summed E-state index contributed by atoms with van der Waals surface area (Å²) in [5.41, 5.74) is -0.374. The molecule has 1 aromatic carbocycles. The number of imide groups is 1. The van der Waals surface area contributed by atoms with Crippen molar-refractivity contribution < 1.29 is 19.1 Å². The van der Waals surface area contributed by atoms with E-state index in [0.717, 1.165) is 4.90 Å². The molecule has 24 heavy (non-hydrogen) atoms. The van der Waals surface area contributed by atoms with Gasteiger partial charge in [-0.2, -0.15) is 5.10 Å². The molecule has 2 aromatic rings. The Balaban J connectivity index is 1.62. The molecule has 1 aliphatic rings. The van der Waals surface area contributed by atoms with Crippen LogP contribution >= 0.6 is 0 Å². The molecule has 2 N–H and O–H groups in total. The van der Waals surface area contributed by atoms with Gasteiger partial charge in [0.05, 0.1) is 18.5 Å². The van der Waals surface area contributed by atoms with Crippen molar-refractivity contribution in [2.45, 2.75) is 6.42 Å². The van der Waals surface area contributed by atoms with Crippen molar-refractivity contribution in [1.29, 1.82) is 0 Å². The van der Waals surface area contributed by atoms with Crippen LogP contribution in [0.3, 0.4) is 0 Å². The maximum Gasteiger partial charge on any atom is 0.359 e. The summed E-state index contributed by atoms with van der Waals surface area (Å²) in [6, 6.07) is 6.13. The minimum absolute atomic E-state index is 0.00803. The lowest BCUT2D eigenvalue weighted by Crippen LogP contribution is -2.32. The number of benzene rings is 1. The first-order valence-corrected chi connectivity index (χ1v) is 7.30. The number of carbonyl (C=O) groups excluding carboxylic acids is 3. The van der Waals surface area contributed by atoms with Crippen LogP contribution in [0.25, 0.3) is 10.8 Å². The van der Waals surface area contributed by atoms with E-state index in [1.54, 1.807) is 24.3 Å². The molecule has 124 valence electrons. The summed E-state index contributed by atoms with van der Waals surface area (Å²) in [6.45, 7) is 0.175. The average Bonchev–Trinajstić information content (AvgIpc) is 2.90. The quantitative estimate of drug-likeness (QED) is 0.453. The van der Waals surface area contributed by atoms with Crippen LogP contribution in [0.2, 0.25) is 0 Å². The lowest BCUT2D eigenvalue weighted by molar-refractivity contribution is -0.125. The van der Waals surface area contributed by atoms with Crippen molar-refractivity contribution in [2.75, 3.05) is 19.7 Å². The topological polar surface area (TPSA) is 121 Å². The monoisotopic (exact) mass is 330 g/mol. The highest BCUT2D eigenvalue weighted by molar-refractivity contribution is 6.02. The van der Waals surface area contributed by atoms with Crippen LogP contribution in [0.4, 0.5) is 4.79 Å². The minimum atomic E-state index is -0.681. The van der Waals surface area contributed by atoms with Gasteiger partial charge < -0.3 is 10.1 Å². The molecular formula is C15H14N4O5. The third kappa shape index (κ3) is 2.96. The molecule has 0 spiro atoms. The molecule has 1 aliphatic heterocycles. The zero-order chi connectivity index (χ0) is 17.1. The molecule has 1 fully saturated rings. The van der Waals surface area contributed by atoms with E-state index in [4.69, 9.17) is 4.74 Å². The van der Waals surface area contributed by atoms with Crippen LogP contribution in [-0.4, -0.2) is 52.7 Å². The molecule has 0 radical (unpaired) electrons. The van der Waals surface area contributed by atoms with Crippen molar-refractivity contribution in [3.63, 3.8) is 0 Å². The number of ether oxygens (including phenoxy) is 1. The van der Waals surface area contributed by atoms with Crippen molar-refractivity contribution >= 4 is 28.7 Å². The number of hydrogen-bond donors (Lipinski definition) is 2. The Hall–Kier alpha value is -3.23. The van der Waals surface area contributed by atoms with Crippen molar-refractivity contribution in [3.05, 3.63) is 40.3 Å². The third-order valence-corrected chi connectivity index (χ3v) is 3.59. The van der Waals surface area contributed by atoms with Crippen LogP contribution in [0.15, 0.2) is 29.1 Å². The second-order valence-corrected chi connectivity index (χ2v) is 5.14.